The predicted octanol–water partition coefficient (Wildman–Crippen LogP) is 5.53. The number of nitrogens with one attached hydrogen (secondary N) is 1. The number of aromatic nitrogens is 3. The lowest BCUT2D eigenvalue weighted by molar-refractivity contribution is 0.0102. The lowest BCUT2D eigenvalue weighted by Crippen LogP contribution is -2.43. The average Bonchev–Trinajstić information content (AvgIpc) is 2.96. The Morgan fingerprint density at radius 1 is 1.00 bits per heavy atom. The number of aromatic carboxylic acids is 1. The van der Waals surface area contributed by atoms with E-state index in [9.17, 15) is 23.1 Å². The van der Waals surface area contributed by atoms with Crippen LogP contribution in [-0.2, 0) is 21.3 Å². The number of carbonyl (C=O) groups is 2. The molecule has 1 unspecified atom stereocenters. The number of pyridine rings is 1. The largest absolute Gasteiger partial charge is 0.478 e. The highest BCUT2D eigenvalue weighted by molar-refractivity contribution is 7.92. The van der Waals surface area contributed by atoms with E-state index in [0.29, 0.717) is 11.4 Å². The SMILES string of the molecule is Cc1cccc(C)c1-c1cc(OC2CN(C(=O)OC(C)(C)C)Cc3cccnc32)nc(NS(=O)(=O)c2cccc(C(=O)O)c2)n1. The molecule has 0 fully saturated rings. The van der Waals surface area contributed by atoms with Gasteiger partial charge in [-0.25, -0.2) is 27.7 Å². The number of ether oxygens (including phenoxy) is 2. The molecular weight excluding hydrogens is 598 g/mol. The molecule has 12 nitrogen and oxygen atoms in total. The molecule has 3 heterocycles. The molecule has 0 saturated heterocycles. The van der Waals surface area contributed by atoms with E-state index in [2.05, 4.69) is 19.7 Å². The molecule has 234 valence electrons. The van der Waals surface area contributed by atoms with E-state index in [1.165, 1.54) is 23.1 Å². The Morgan fingerprint density at radius 3 is 2.40 bits per heavy atom. The number of rotatable bonds is 7. The van der Waals surface area contributed by atoms with Crippen LogP contribution >= 0.6 is 0 Å². The molecule has 4 aromatic rings. The number of hydrogen-bond donors (Lipinski definition) is 2. The number of aryl methyl sites for hydroxylation is 2. The summed E-state index contributed by atoms with van der Waals surface area (Å²) in [5.74, 6) is -1.52. The Kier molecular flexibility index (Phi) is 8.48. The van der Waals surface area contributed by atoms with Crippen LogP contribution in [0.3, 0.4) is 0 Å². The standard InChI is InChI=1S/C32H33N5O7S/c1-19-9-6-10-20(2)27(19)24-16-26(35-30(34-24)36-45(41,42)23-13-7-11-21(15-23)29(38)39)43-25-18-37(31(40)44-32(3,4)5)17-22-12-8-14-33-28(22)25/h6-16,25H,17-18H2,1-5H3,(H,38,39)(H,34,35,36). The Bertz CT molecular complexity index is 1870. The topological polar surface area (TPSA) is 161 Å². The van der Waals surface area contributed by atoms with Gasteiger partial charge in [0, 0.05) is 17.8 Å². The van der Waals surface area contributed by atoms with Crippen LogP contribution < -0.4 is 9.46 Å². The maximum atomic E-state index is 13.4. The van der Waals surface area contributed by atoms with Crippen LogP contribution in [-0.4, -0.2) is 57.6 Å². The van der Waals surface area contributed by atoms with Crippen molar-refractivity contribution in [3.63, 3.8) is 0 Å². The molecule has 45 heavy (non-hydrogen) atoms. The van der Waals surface area contributed by atoms with Gasteiger partial charge >= 0.3 is 12.1 Å². The van der Waals surface area contributed by atoms with Crippen molar-refractivity contribution >= 4 is 28.0 Å². The van der Waals surface area contributed by atoms with Crippen LogP contribution in [0.25, 0.3) is 11.3 Å². The third kappa shape index (κ3) is 7.20. The van der Waals surface area contributed by atoms with Crippen molar-refractivity contribution in [2.24, 2.45) is 0 Å². The normalized spacial score (nSPS) is 14.8. The minimum Gasteiger partial charge on any atom is -0.478 e. The summed E-state index contributed by atoms with van der Waals surface area (Å²) >= 11 is 0. The number of anilines is 1. The molecule has 5 rings (SSSR count). The summed E-state index contributed by atoms with van der Waals surface area (Å²) in [5, 5.41) is 9.36. The zero-order valence-electron chi connectivity index (χ0n) is 25.4. The molecule has 0 radical (unpaired) electrons. The smallest absolute Gasteiger partial charge is 0.410 e. The quantitative estimate of drug-likeness (QED) is 0.266. The zero-order chi connectivity index (χ0) is 32.5. The van der Waals surface area contributed by atoms with Crippen LogP contribution in [0.1, 0.15) is 59.6 Å². The van der Waals surface area contributed by atoms with E-state index < -0.39 is 33.8 Å². The van der Waals surface area contributed by atoms with Gasteiger partial charge in [-0.3, -0.25) is 9.88 Å². The second-order valence-corrected chi connectivity index (χ2v) is 13.3. The molecule has 1 atom stereocenters. The van der Waals surface area contributed by atoms with Crippen LogP contribution in [0.15, 0.2) is 71.8 Å². The number of carbonyl (C=O) groups excluding carboxylic acids is 1. The summed E-state index contributed by atoms with van der Waals surface area (Å²) in [5.41, 5.74) is 3.42. The Labute approximate surface area is 261 Å². The van der Waals surface area contributed by atoms with Crippen molar-refractivity contribution in [1.29, 1.82) is 0 Å². The van der Waals surface area contributed by atoms with Crippen LogP contribution in [0.2, 0.25) is 0 Å². The first-order valence-corrected chi connectivity index (χ1v) is 15.6. The fourth-order valence-electron chi connectivity index (χ4n) is 4.99. The van der Waals surface area contributed by atoms with E-state index in [0.717, 1.165) is 28.3 Å². The highest BCUT2D eigenvalue weighted by Crippen LogP contribution is 2.33. The number of nitrogens with zero attached hydrogens (tertiary/aromatic N) is 4. The zero-order valence-corrected chi connectivity index (χ0v) is 26.3. The fraction of sp³-hybridized carbons (Fsp3) is 0.281. The van der Waals surface area contributed by atoms with Crippen LogP contribution in [0.4, 0.5) is 10.7 Å². The van der Waals surface area contributed by atoms with Gasteiger partial charge in [-0.05, 0) is 75.6 Å². The van der Waals surface area contributed by atoms with Crippen molar-refractivity contribution in [3.8, 4) is 17.1 Å². The van der Waals surface area contributed by atoms with Gasteiger partial charge in [0.15, 0.2) is 6.10 Å². The van der Waals surface area contributed by atoms with Crippen LogP contribution in [0.5, 0.6) is 5.88 Å². The van der Waals surface area contributed by atoms with Crippen molar-refractivity contribution in [2.45, 2.75) is 57.8 Å². The van der Waals surface area contributed by atoms with E-state index in [1.54, 1.807) is 39.1 Å². The summed E-state index contributed by atoms with van der Waals surface area (Å²) in [6.45, 7) is 9.55. The third-order valence-electron chi connectivity index (χ3n) is 6.95. The van der Waals surface area contributed by atoms with Gasteiger partial charge in [0.1, 0.15) is 5.60 Å². The molecule has 2 aromatic carbocycles. The lowest BCUT2D eigenvalue weighted by Gasteiger charge is -2.34. The lowest BCUT2D eigenvalue weighted by atomic mass is 10.00. The summed E-state index contributed by atoms with van der Waals surface area (Å²) < 4.78 is 41.1. The molecular formula is C32H33N5O7S. The van der Waals surface area contributed by atoms with E-state index >= 15 is 0 Å². The molecule has 2 aromatic heterocycles. The van der Waals surface area contributed by atoms with Crippen molar-refractivity contribution in [1.82, 2.24) is 19.9 Å². The van der Waals surface area contributed by atoms with Gasteiger partial charge in [-0.1, -0.05) is 30.3 Å². The van der Waals surface area contributed by atoms with Gasteiger partial charge in [0.05, 0.1) is 34.9 Å². The second kappa shape index (κ2) is 12.2. The van der Waals surface area contributed by atoms with E-state index in [-0.39, 0.29) is 35.4 Å². The first-order valence-electron chi connectivity index (χ1n) is 14.1. The number of hydrogen-bond acceptors (Lipinski definition) is 9. The average molecular weight is 632 g/mol. The van der Waals surface area contributed by atoms with Gasteiger partial charge in [0.25, 0.3) is 10.0 Å². The molecule has 0 bridgehead atoms. The molecule has 0 saturated carbocycles. The number of carboxylic acid groups (broad SMARTS) is 1. The molecule has 0 aliphatic carbocycles. The first-order chi connectivity index (χ1) is 21.2. The number of benzene rings is 2. The monoisotopic (exact) mass is 631 g/mol. The number of fused-ring (bicyclic) bond motifs is 1. The van der Waals surface area contributed by atoms with Crippen molar-refractivity contribution in [2.75, 3.05) is 11.3 Å². The maximum absolute atomic E-state index is 13.4. The minimum atomic E-state index is -4.30. The predicted molar refractivity (Wildman–Crippen MR) is 165 cm³/mol. The molecule has 1 aliphatic rings. The summed E-state index contributed by atoms with van der Waals surface area (Å²) in [6, 6.07) is 15.9. The summed E-state index contributed by atoms with van der Waals surface area (Å²) in [4.78, 5) is 39.2. The highest BCUT2D eigenvalue weighted by atomic mass is 32.2. The van der Waals surface area contributed by atoms with Gasteiger partial charge in [-0.2, -0.15) is 4.98 Å². The highest BCUT2D eigenvalue weighted by Gasteiger charge is 2.33. The molecule has 13 heteroatoms. The van der Waals surface area contributed by atoms with Crippen molar-refractivity contribution < 1.29 is 32.6 Å². The molecule has 0 spiro atoms. The number of amides is 1. The molecule has 1 amide bonds. The van der Waals surface area contributed by atoms with Crippen molar-refractivity contribution in [3.05, 3.63) is 94.8 Å². The van der Waals surface area contributed by atoms with Gasteiger partial charge < -0.3 is 14.6 Å². The second-order valence-electron chi connectivity index (χ2n) is 11.6. The van der Waals surface area contributed by atoms with Gasteiger partial charge in [-0.15, -0.1) is 0 Å². The Hall–Kier alpha value is -5.04. The third-order valence-corrected chi connectivity index (χ3v) is 8.28. The fourth-order valence-corrected chi connectivity index (χ4v) is 5.98. The number of carboxylic acids is 1. The first kappa shape index (κ1) is 31.4. The molecule has 2 N–H and O–H groups in total. The maximum Gasteiger partial charge on any atom is 0.410 e. The molecule has 1 aliphatic heterocycles. The number of sulfonamides is 1. The van der Waals surface area contributed by atoms with E-state index in [4.69, 9.17) is 9.47 Å². The van der Waals surface area contributed by atoms with Gasteiger partial charge in [0.2, 0.25) is 11.8 Å². The Morgan fingerprint density at radius 2 is 1.71 bits per heavy atom. The minimum absolute atomic E-state index is 0.0345. The van der Waals surface area contributed by atoms with E-state index in [1.807, 2.05) is 38.1 Å². The summed E-state index contributed by atoms with van der Waals surface area (Å²) in [6.07, 6.45) is 0.354. The summed E-state index contributed by atoms with van der Waals surface area (Å²) in [7, 11) is -4.30. The van der Waals surface area contributed by atoms with Crippen LogP contribution in [0, 0.1) is 13.8 Å². The Balaban J connectivity index is 1.56.